The Bertz CT molecular complexity index is 283. The number of carbonyl (C=O) groups is 2. The topological polar surface area (TPSA) is 92.4 Å². The van der Waals surface area contributed by atoms with Crippen LogP contribution in [-0.2, 0) is 9.59 Å². The predicted octanol–water partition coefficient (Wildman–Crippen LogP) is 0.0966. The van der Waals surface area contributed by atoms with Gasteiger partial charge < -0.3 is 16.2 Å². The molecule has 0 aliphatic carbocycles. The summed E-state index contributed by atoms with van der Waals surface area (Å²) in [4.78, 5) is 22.2. The van der Waals surface area contributed by atoms with Crippen LogP contribution in [0.5, 0.6) is 0 Å². The summed E-state index contributed by atoms with van der Waals surface area (Å²) in [7, 11) is 0. The highest BCUT2D eigenvalue weighted by molar-refractivity contribution is 5.86. The summed E-state index contributed by atoms with van der Waals surface area (Å²) in [6.45, 7) is 1.95. The number of nitrogens with one attached hydrogen (secondary N) is 1. The summed E-state index contributed by atoms with van der Waals surface area (Å²) in [5.41, 5.74) is 5.46. The Kier molecular flexibility index (Phi) is 6.97. The van der Waals surface area contributed by atoms with Gasteiger partial charge in [0.05, 0.1) is 6.04 Å². The van der Waals surface area contributed by atoms with Crippen molar-refractivity contribution >= 4 is 11.9 Å². The molecule has 0 radical (unpaired) electrons. The maximum absolute atomic E-state index is 11.4. The Hall–Kier alpha value is -1.54. The zero-order chi connectivity index (χ0) is 12.6. The molecular formula is C11H18N2O3. The third-order valence-corrected chi connectivity index (χ3v) is 2.14. The Morgan fingerprint density at radius 3 is 2.62 bits per heavy atom. The smallest absolute Gasteiger partial charge is 0.326 e. The number of carboxylic acid groups (broad SMARTS) is 1. The first-order valence-electron chi connectivity index (χ1n) is 5.25. The molecule has 5 nitrogen and oxygen atoms in total. The fourth-order valence-electron chi connectivity index (χ4n) is 1.16. The minimum atomic E-state index is -1.05. The fraction of sp³-hybridized carbons (Fsp3) is 0.636. The lowest BCUT2D eigenvalue weighted by atomic mass is 10.1. The van der Waals surface area contributed by atoms with Crippen molar-refractivity contribution in [3.63, 3.8) is 0 Å². The molecule has 0 aromatic rings. The lowest BCUT2D eigenvalue weighted by Gasteiger charge is -2.16. The molecule has 0 heterocycles. The van der Waals surface area contributed by atoms with Crippen LogP contribution in [0.4, 0.5) is 0 Å². The quantitative estimate of drug-likeness (QED) is 0.537. The highest BCUT2D eigenvalue weighted by Gasteiger charge is 2.21. The van der Waals surface area contributed by atoms with Gasteiger partial charge in [0, 0.05) is 6.42 Å². The van der Waals surface area contributed by atoms with Gasteiger partial charge in [0.15, 0.2) is 0 Å². The lowest BCUT2D eigenvalue weighted by molar-refractivity contribution is -0.142. The van der Waals surface area contributed by atoms with Crippen molar-refractivity contribution in [2.75, 3.05) is 0 Å². The van der Waals surface area contributed by atoms with E-state index in [9.17, 15) is 9.59 Å². The average Bonchev–Trinajstić information content (AvgIpc) is 2.23. The largest absolute Gasteiger partial charge is 0.480 e. The zero-order valence-electron chi connectivity index (χ0n) is 9.40. The number of hydrogen-bond acceptors (Lipinski definition) is 3. The third-order valence-electron chi connectivity index (χ3n) is 2.14. The van der Waals surface area contributed by atoms with E-state index in [1.165, 1.54) is 0 Å². The average molecular weight is 226 g/mol. The molecule has 1 amide bonds. The number of nitrogens with two attached hydrogens (primary N) is 1. The number of carboxylic acids is 1. The molecule has 5 heteroatoms. The van der Waals surface area contributed by atoms with Crippen molar-refractivity contribution in [3.8, 4) is 12.3 Å². The molecule has 0 saturated carbocycles. The van der Waals surface area contributed by atoms with E-state index in [4.69, 9.17) is 17.3 Å². The van der Waals surface area contributed by atoms with Gasteiger partial charge in [-0.05, 0) is 6.42 Å². The summed E-state index contributed by atoms with van der Waals surface area (Å²) in [6, 6.07) is -1.72. The predicted molar refractivity (Wildman–Crippen MR) is 60.5 cm³/mol. The molecule has 0 saturated heterocycles. The van der Waals surface area contributed by atoms with Gasteiger partial charge in [0.2, 0.25) is 5.91 Å². The first-order chi connectivity index (χ1) is 7.52. The number of amides is 1. The minimum absolute atomic E-state index is 0.103. The van der Waals surface area contributed by atoms with Crippen LogP contribution in [0.2, 0.25) is 0 Å². The number of terminal acetylenes is 1. The molecule has 0 rings (SSSR count). The number of hydrogen-bond donors (Lipinski definition) is 3. The van der Waals surface area contributed by atoms with E-state index in [-0.39, 0.29) is 6.42 Å². The molecule has 0 bridgehead atoms. The van der Waals surface area contributed by atoms with Crippen LogP contribution in [0, 0.1) is 12.3 Å². The molecular weight excluding hydrogens is 208 g/mol. The second-order valence-electron chi connectivity index (χ2n) is 3.56. The van der Waals surface area contributed by atoms with Crippen molar-refractivity contribution in [3.05, 3.63) is 0 Å². The molecule has 16 heavy (non-hydrogen) atoms. The second kappa shape index (κ2) is 7.71. The Morgan fingerprint density at radius 1 is 1.56 bits per heavy atom. The van der Waals surface area contributed by atoms with E-state index in [1.807, 2.05) is 6.92 Å². The number of carbonyl (C=O) groups excluding carboxylic acids is 1. The van der Waals surface area contributed by atoms with E-state index in [2.05, 4.69) is 11.2 Å². The Balaban J connectivity index is 4.23. The third kappa shape index (κ3) is 5.37. The molecule has 0 aliphatic heterocycles. The van der Waals surface area contributed by atoms with E-state index in [0.717, 1.165) is 12.8 Å². The number of unbranched alkanes of at least 4 members (excludes halogenated alkanes) is 1. The maximum atomic E-state index is 11.4. The van der Waals surface area contributed by atoms with Crippen LogP contribution in [0.3, 0.4) is 0 Å². The van der Waals surface area contributed by atoms with Crippen molar-refractivity contribution in [1.29, 1.82) is 0 Å². The van der Waals surface area contributed by atoms with Crippen LogP contribution in [-0.4, -0.2) is 29.1 Å². The monoisotopic (exact) mass is 226 g/mol. The van der Waals surface area contributed by atoms with E-state index < -0.39 is 24.0 Å². The van der Waals surface area contributed by atoms with Crippen LogP contribution in [0.15, 0.2) is 0 Å². The second-order valence-corrected chi connectivity index (χ2v) is 3.56. The summed E-state index contributed by atoms with van der Waals surface area (Å²) >= 11 is 0. The molecule has 2 atom stereocenters. The Morgan fingerprint density at radius 2 is 2.19 bits per heavy atom. The van der Waals surface area contributed by atoms with Gasteiger partial charge in [-0.3, -0.25) is 4.79 Å². The first-order valence-corrected chi connectivity index (χ1v) is 5.25. The number of aliphatic carboxylic acids is 1. The molecule has 0 spiro atoms. The summed E-state index contributed by atoms with van der Waals surface area (Å²) in [5, 5.41) is 11.2. The molecule has 2 unspecified atom stereocenters. The first kappa shape index (κ1) is 14.5. The minimum Gasteiger partial charge on any atom is -0.480 e. The standard InChI is InChI=1S/C11H18N2O3/c1-3-5-7-9(11(15)16)13-10(14)8(12)6-4-2/h2,8-9H,3,5-7,12H2,1H3,(H,13,14)(H,15,16). The van der Waals surface area contributed by atoms with Crippen LogP contribution >= 0.6 is 0 Å². The molecule has 90 valence electrons. The van der Waals surface area contributed by atoms with Crippen molar-refractivity contribution in [1.82, 2.24) is 5.32 Å². The highest BCUT2D eigenvalue weighted by Crippen LogP contribution is 2.01. The molecule has 4 N–H and O–H groups in total. The molecule has 0 aromatic heterocycles. The van der Waals surface area contributed by atoms with Crippen molar-refractivity contribution in [2.45, 2.75) is 44.7 Å². The van der Waals surface area contributed by atoms with E-state index >= 15 is 0 Å². The van der Waals surface area contributed by atoms with Gasteiger partial charge in [0.25, 0.3) is 0 Å². The maximum Gasteiger partial charge on any atom is 0.326 e. The Labute approximate surface area is 95.4 Å². The SMILES string of the molecule is C#CCC(N)C(=O)NC(CCCC)C(=O)O. The van der Waals surface area contributed by atoms with Gasteiger partial charge in [0.1, 0.15) is 6.04 Å². The van der Waals surface area contributed by atoms with Crippen molar-refractivity contribution < 1.29 is 14.7 Å². The van der Waals surface area contributed by atoms with E-state index in [1.54, 1.807) is 0 Å². The fourth-order valence-corrected chi connectivity index (χ4v) is 1.16. The normalized spacial score (nSPS) is 13.6. The molecule has 0 fully saturated rings. The van der Waals surface area contributed by atoms with Gasteiger partial charge >= 0.3 is 5.97 Å². The van der Waals surface area contributed by atoms with Gasteiger partial charge in [-0.2, -0.15) is 0 Å². The van der Waals surface area contributed by atoms with Crippen LogP contribution < -0.4 is 11.1 Å². The van der Waals surface area contributed by atoms with Gasteiger partial charge in [-0.1, -0.05) is 19.8 Å². The lowest BCUT2D eigenvalue weighted by Crippen LogP contribution is -2.48. The number of rotatable bonds is 7. The summed E-state index contributed by atoms with van der Waals surface area (Å²) in [5.74, 6) is 0.702. The van der Waals surface area contributed by atoms with Gasteiger partial charge in [-0.15, -0.1) is 12.3 Å². The summed E-state index contributed by atoms with van der Waals surface area (Å²) in [6.07, 6.45) is 7.13. The van der Waals surface area contributed by atoms with Gasteiger partial charge in [-0.25, -0.2) is 4.79 Å². The van der Waals surface area contributed by atoms with Crippen LogP contribution in [0.25, 0.3) is 0 Å². The highest BCUT2D eigenvalue weighted by atomic mass is 16.4. The molecule has 0 aromatic carbocycles. The van der Waals surface area contributed by atoms with E-state index in [0.29, 0.717) is 6.42 Å². The summed E-state index contributed by atoms with van der Waals surface area (Å²) < 4.78 is 0. The molecule has 0 aliphatic rings. The van der Waals surface area contributed by atoms with Crippen molar-refractivity contribution in [2.24, 2.45) is 5.73 Å². The van der Waals surface area contributed by atoms with Crippen LogP contribution in [0.1, 0.15) is 32.6 Å². The zero-order valence-corrected chi connectivity index (χ0v) is 9.40.